The van der Waals surface area contributed by atoms with Gasteiger partial charge >= 0.3 is 58.8 Å². The summed E-state index contributed by atoms with van der Waals surface area (Å²) in [5, 5.41) is 0. The van der Waals surface area contributed by atoms with E-state index in [0.29, 0.717) is 0 Å². The summed E-state index contributed by atoms with van der Waals surface area (Å²) in [6.45, 7) is 3.31. The van der Waals surface area contributed by atoms with Gasteiger partial charge in [-0.05, 0) is 0 Å². The van der Waals surface area contributed by atoms with Crippen LogP contribution in [-0.4, -0.2) is 36.3 Å². The molecule has 0 bridgehead atoms. The van der Waals surface area contributed by atoms with Crippen LogP contribution in [0.25, 0.3) is 0 Å². The van der Waals surface area contributed by atoms with Gasteiger partial charge in [0.2, 0.25) is 0 Å². The van der Waals surface area contributed by atoms with Crippen molar-refractivity contribution in [2.24, 2.45) is 0 Å². The first-order valence-electron chi connectivity index (χ1n) is 2.43. The van der Waals surface area contributed by atoms with Crippen LogP contribution in [0.15, 0.2) is 12.7 Å². The van der Waals surface area contributed by atoms with Crippen molar-refractivity contribution in [2.45, 2.75) is 0 Å². The second kappa shape index (κ2) is 3.34. The van der Waals surface area contributed by atoms with E-state index in [9.17, 15) is 8.42 Å². The van der Waals surface area contributed by atoms with Crippen molar-refractivity contribution in [3.8, 4) is 0 Å². The van der Waals surface area contributed by atoms with E-state index in [4.69, 9.17) is 0 Å². The third kappa shape index (κ3) is 3.31. The molecular weight excluding hydrogens is 119 g/mol. The van der Waals surface area contributed by atoms with Gasteiger partial charge in [0.1, 0.15) is 0 Å². The quantitative estimate of drug-likeness (QED) is 0.384. The van der Waals surface area contributed by atoms with Crippen molar-refractivity contribution in [3.63, 3.8) is 0 Å². The molecule has 0 aromatic heterocycles. The van der Waals surface area contributed by atoms with Crippen LogP contribution in [0, 0.1) is 0 Å². The number of sulfone groups is 1. The fourth-order valence-corrected chi connectivity index (χ4v) is 0.892. The van der Waals surface area contributed by atoms with Crippen LogP contribution >= 0.6 is 0 Å². The molecule has 42 valence electrons. The summed E-state index contributed by atoms with van der Waals surface area (Å²) < 4.78 is 21.3. The molecule has 0 amide bonds. The van der Waals surface area contributed by atoms with Crippen molar-refractivity contribution in [1.29, 1.82) is 0 Å². The molecule has 0 N–H and O–H groups in total. The standard InChI is InChI=1S/C4H7O2S.Li/c1-3-4-7(2,5)6;/h3H,1-2,4H2;. The fourth-order valence-electron chi connectivity index (χ4n) is 0.297. The van der Waals surface area contributed by atoms with Gasteiger partial charge in [-0.3, -0.25) is 0 Å². The number of hydrogen-bond acceptors (Lipinski definition) is 2. The van der Waals surface area contributed by atoms with E-state index < -0.39 is 9.84 Å². The predicted octanol–water partition coefficient (Wildman–Crippen LogP) is -0.287. The topological polar surface area (TPSA) is 34.1 Å². The zero-order valence-corrected chi connectivity index (χ0v) is 5.74. The molecule has 0 aromatic carbocycles. The van der Waals surface area contributed by atoms with Crippen LogP contribution in [0.1, 0.15) is 0 Å². The van der Waals surface area contributed by atoms with Gasteiger partial charge in [0.25, 0.3) is 0 Å². The van der Waals surface area contributed by atoms with Crippen molar-refractivity contribution in [3.05, 3.63) is 12.7 Å². The van der Waals surface area contributed by atoms with Crippen LogP contribution in [0.3, 0.4) is 0 Å². The van der Waals surface area contributed by atoms with E-state index in [0.717, 1.165) is 0 Å². The normalized spacial score (nSPS) is 11.2. The molecule has 0 aliphatic heterocycles. The monoisotopic (exact) mass is 126 g/mol. The third-order valence-electron chi connectivity index (χ3n) is 0.812. The van der Waals surface area contributed by atoms with Crippen LogP contribution in [0.5, 0.6) is 0 Å². The van der Waals surface area contributed by atoms with E-state index in [-0.39, 0.29) is 10.2 Å². The van der Waals surface area contributed by atoms with E-state index in [1.54, 1.807) is 17.7 Å². The Labute approximate surface area is 59.1 Å². The molecule has 0 aliphatic carbocycles. The molecule has 2 nitrogen and oxygen atoms in total. The fraction of sp³-hybridized carbons (Fsp3) is 0.500. The first kappa shape index (κ1) is 8.29. The molecule has 0 spiro atoms. The Hall–Kier alpha value is 0.287. The maximum absolute atomic E-state index is 10.5. The van der Waals surface area contributed by atoms with Crippen LogP contribution in [-0.2, 0) is 9.84 Å². The van der Waals surface area contributed by atoms with E-state index >= 15 is 0 Å². The molecular formula is C4H7LiO2S. The molecule has 0 atom stereocenters. The van der Waals surface area contributed by atoms with Crippen molar-refractivity contribution in [2.75, 3.05) is 10.2 Å². The summed E-state index contributed by atoms with van der Waals surface area (Å²) in [5.74, 6) is 0.101. The average Bonchev–Trinajstić information content (AvgIpc) is 1.67. The third-order valence-corrected chi connectivity index (χ3v) is 2.43. The molecule has 0 aromatic rings. The van der Waals surface area contributed by atoms with Gasteiger partial charge in [0.15, 0.2) is 0 Å². The molecule has 0 saturated carbocycles. The van der Waals surface area contributed by atoms with Gasteiger partial charge in [-0.25, -0.2) is 0 Å². The first-order chi connectivity index (χ1) is 3.62. The zero-order valence-electron chi connectivity index (χ0n) is 4.92. The molecule has 0 heterocycles. The maximum atomic E-state index is 10.5. The second-order valence-electron chi connectivity index (χ2n) is 1.49. The molecule has 0 unspecified atom stereocenters. The van der Waals surface area contributed by atoms with E-state index in [1.807, 2.05) is 0 Å². The second-order valence-corrected chi connectivity index (χ2v) is 3.89. The summed E-state index contributed by atoms with van der Waals surface area (Å²) in [6, 6.07) is 0. The Morgan fingerprint density at radius 3 is 2.25 bits per heavy atom. The molecule has 0 saturated heterocycles. The number of hydrogen-bond donors (Lipinski definition) is 0. The van der Waals surface area contributed by atoms with Crippen molar-refractivity contribution >= 4 is 27.6 Å². The van der Waals surface area contributed by atoms with Crippen molar-refractivity contribution in [1.82, 2.24) is 0 Å². The Balaban J connectivity index is 3.94. The molecule has 0 aliphatic rings. The van der Waals surface area contributed by atoms with Gasteiger partial charge < -0.3 is 0 Å². The van der Waals surface area contributed by atoms with Gasteiger partial charge in [0, 0.05) is 0 Å². The van der Waals surface area contributed by atoms with Gasteiger partial charge in [-0.2, -0.15) is 0 Å². The SMILES string of the molecule is [Li][CH2]S(=O)(=O)CC=C. The first-order valence-corrected chi connectivity index (χ1v) is 4.26. The van der Waals surface area contributed by atoms with Crippen LogP contribution in [0.2, 0.25) is 0 Å². The van der Waals surface area contributed by atoms with E-state index in [1.165, 1.54) is 6.08 Å². The molecule has 8 heavy (non-hydrogen) atoms. The minimum atomic E-state index is -2.79. The summed E-state index contributed by atoms with van der Waals surface area (Å²) in [4.78, 5) is 0. The molecule has 0 fully saturated rings. The zero-order chi connectivity index (χ0) is 6.62. The molecule has 4 heteroatoms. The summed E-state index contributed by atoms with van der Waals surface area (Å²) in [6.07, 6.45) is 1.40. The summed E-state index contributed by atoms with van der Waals surface area (Å²) in [5.41, 5.74) is 0. The predicted molar refractivity (Wildman–Crippen MR) is 34.6 cm³/mol. The summed E-state index contributed by atoms with van der Waals surface area (Å²) >= 11 is 1.62. The van der Waals surface area contributed by atoms with Gasteiger partial charge in [-0.1, -0.05) is 0 Å². The molecule has 0 radical (unpaired) electrons. The summed E-state index contributed by atoms with van der Waals surface area (Å²) in [7, 11) is -2.79. The Kier molecular flexibility index (Phi) is 3.46. The Morgan fingerprint density at radius 1 is 1.62 bits per heavy atom. The Morgan fingerprint density at radius 2 is 2.12 bits per heavy atom. The molecule has 0 rings (SSSR count). The van der Waals surface area contributed by atoms with Crippen molar-refractivity contribution < 1.29 is 8.42 Å². The minimum absolute atomic E-state index is 0.101. The van der Waals surface area contributed by atoms with Crippen LogP contribution in [0.4, 0.5) is 0 Å². The van der Waals surface area contributed by atoms with Crippen LogP contribution < -0.4 is 0 Å². The van der Waals surface area contributed by atoms with E-state index in [2.05, 4.69) is 6.58 Å². The average molecular weight is 126 g/mol. The Bertz CT molecular complexity index is 159. The van der Waals surface area contributed by atoms with Gasteiger partial charge in [0.05, 0.1) is 0 Å². The van der Waals surface area contributed by atoms with Gasteiger partial charge in [-0.15, -0.1) is 0 Å². The number of rotatable bonds is 3.